The maximum atomic E-state index is 5.29. The van der Waals surface area contributed by atoms with Gasteiger partial charge in [-0.25, -0.2) is 4.98 Å². The van der Waals surface area contributed by atoms with E-state index in [1.54, 1.807) is 0 Å². The summed E-state index contributed by atoms with van der Waals surface area (Å²) in [5.74, 6) is 0. The molecule has 22 rings (SSSR count). The molecular formula is C104H76Br4Cl3FeN4. The Morgan fingerprint density at radius 2 is 0.517 bits per heavy atom. The van der Waals surface area contributed by atoms with E-state index in [4.69, 9.17) is 50.2 Å². The van der Waals surface area contributed by atoms with Gasteiger partial charge in [0.15, 0.2) is 0 Å². The van der Waals surface area contributed by atoms with Crippen LogP contribution in [0, 0.1) is 0 Å². The normalized spacial score (nSPS) is 14.1. The zero-order valence-electron chi connectivity index (χ0n) is 64.8. The number of aromatic nitrogens is 4. The molecule has 0 N–H and O–H groups in total. The summed E-state index contributed by atoms with van der Waals surface area (Å²) in [5, 5.41) is 14.2. The molecule has 0 amide bonds. The van der Waals surface area contributed by atoms with Crippen molar-refractivity contribution in [3.63, 3.8) is 0 Å². The summed E-state index contributed by atoms with van der Waals surface area (Å²) in [4.78, 5) is 19.7. The van der Waals surface area contributed by atoms with Crippen LogP contribution in [0.4, 0.5) is 0 Å². The van der Waals surface area contributed by atoms with E-state index < -0.39 is 11.2 Å². The van der Waals surface area contributed by atoms with Crippen molar-refractivity contribution in [1.82, 2.24) is 19.9 Å². The summed E-state index contributed by atoms with van der Waals surface area (Å²) in [6.45, 7) is 18.4. The molecule has 0 fully saturated rings. The van der Waals surface area contributed by atoms with Crippen molar-refractivity contribution in [3.05, 3.63) is 378 Å². The summed E-state index contributed by atoms with van der Waals surface area (Å²) in [6, 6.07) is 107. The summed E-state index contributed by atoms with van der Waals surface area (Å²) in [5.41, 5.74) is 30.7. The van der Waals surface area contributed by atoms with Crippen LogP contribution in [0.15, 0.2) is 334 Å². The molecule has 0 bridgehead atoms. The first-order chi connectivity index (χ1) is 55.9. The van der Waals surface area contributed by atoms with Crippen molar-refractivity contribution in [2.75, 3.05) is 0 Å². The molecule has 0 spiro atoms. The number of hydrogen-bond donors (Lipinski definition) is 0. The Bertz CT molecular complexity index is 6610. The molecule has 116 heavy (non-hydrogen) atoms. The summed E-state index contributed by atoms with van der Waals surface area (Å²) in [7, 11) is 14.7. The summed E-state index contributed by atoms with van der Waals surface area (Å²) >= 11 is 13.1. The van der Waals surface area contributed by atoms with Crippen molar-refractivity contribution in [1.29, 1.82) is 0 Å². The van der Waals surface area contributed by atoms with Gasteiger partial charge in [0.1, 0.15) is 0 Å². The van der Waals surface area contributed by atoms with Gasteiger partial charge in [-0.15, -0.1) is 0 Å². The molecule has 4 aromatic heterocycles. The van der Waals surface area contributed by atoms with Gasteiger partial charge >= 0.3 is 41.5 Å². The van der Waals surface area contributed by atoms with E-state index in [2.05, 4.69) is 416 Å². The zero-order chi connectivity index (χ0) is 80.3. The van der Waals surface area contributed by atoms with E-state index in [0.717, 1.165) is 51.7 Å². The molecule has 18 aromatic rings. The predicted molar refractivity (Wildman–Crippen MR) is 502 cm³/mol. The van der Waals surface area contributed by atoms with Crippen LogP contribution in [0.2, 0.25) is 0 Å². The fourth-order valence-electron chi connectivity index (χ4n) is 18.4. The molecule has 4 aliphatic carbocycles. The fourth-order valence-corrected chi connectivity index (χ4v) is 19.8. The van der Waals surface area contributed by atoms with E-state index in [1.165, 1.54) is 165 Å². The first-order valence-corrected chi connectivity index (χ1v) is 46.4. The molecule has 4 nitrogen and oxygen atoms in total. The second kappa shape index (κ2) is 30.8. The molecule has 0 radical (unpaired) electrons. The van der Waals surface area contributed by atoms with Gasteiger partial charge in [0, 0.05) is 96.7 Å². The molecule has 0 saturated carbocycles. The molecule has 569 valence electrons. The van der Waals surface area contributed by atoms with Crippen LogP contribution in [0.5, 0.6) is 0 Å². The number of hydrogen-bond acceptors (Lipinski definition) is 4. The first kappa shape index (κ1) is 77.8. The predicted octanol–water partition coefficient (Wildman–Crippen LogP) is 32.3. The minimum absolute atomic E-state index is 0.0671. The van der Waals surface area contributed by atoms with Crippen LogP contribution in [-0.2, 0) is 32.8 Å². The molecule has 14 aromatic carbocycles. The third-order valence-corrected chi connectivity index (χ3v) is 26.1. The number of pyridine rings is 4. The molecule has 0 saturated heterocycles. The van der Waals surface area contributed by atoms with Crippen LogP contribution in [0.1, 0.15) is 99.9 Å². The quantitative estimate of drug-likeness (QED) is 0.130. The molecule has 12 heteroatoms. The third kappa shape index (κ3) is 13.7. The van der Waals surface area contributed by atoms with Gasteiger partial charge in [-0.05, 0) is 231 Å². The van der Waals surface area contributed by atoms with Gasteiger partial charge in [-0.3, -0.25) is 15.0 Å². The van der Waals surface area contributed by atoms with Gasteiger partial charge in [0.25, 0.3) is 0 Å². The molecular weight excluding hydrogens is 1790 g/mol. The Morgan fingerprint density at radius 1 is 0.224 bits per heavy atom. The van der Waals surface area contributed by atoms with Gasteiger partial charge < -0.3 is 0 Å². The zero-order valence-corrected chi connectivity index (χ0v) is 74.5. The number of rotatable bonds is 4. The number of fused-ring (bicyclic) bond motifs is 24. The van der Waals surface area contributed by atoms with Crippen LogP contribution >= 0.6 is 94.0 Å². The van der Waals surface area contributed by atoms with Crippen LogP contribution < -0.4 is 0 Å². The van der Waals surface area contributed by atoms with Gasteiger partial charge in [0.05, 0.1) is 28.3 Å². The van der Waals surface area contributed by atoms with Crippen molar-refractivity contribution in [3.8, 4) is 89.5 Å². The fraction of sp³-hybridized carbons (Fsp3) is 0.115. The molecule has 4 aliphatic rings. The first-order valence-electron chi connectivity index (χ1n) is 38.6. The van der Waals surface area contributed by atoms with E-state index in [1.807, 2.05) is 18.6 Å². The minimum atomic E-state index is -1.33. The second-order valence-electron chi connectivity index (χ2n) is 32.2. The van der Waals surface area contributed by atoms with E-state index in [0.29, 0.717) is 0 Å². The summed E-state index contributed by atoms with van der Waals surface area (Å²) in [6.07, 6.45) is 5.82. The monoisotopic (exact) mass is 1860 g/mol. The summed E-state index contributed by atoms with van der Waals surface area (Å²) < 4.78 is 4.30. The SMILES string of the molecule is CC1(C)c2cc(-c3ccccc3-c3ccccc3)ccc2-c2ncc(Br)cc21.CC1(C)c2cc(Br)ccc2-c2nc3c4ccccc4c4ccccc4c3cc21.CC1(C)c2cc(Br)ccc2-c2ncc(-c3ccccc3-c3ccccc3)cc21.CC1(C)c2cc3c4ccccc4c4ccccc4c3cc2-c2ncc(Br)cc21.[Cl][Fe]([Cl])[Cl]. The van der Waals surface area contributed by atoms with Gasteiger partial charge in [0.2, 0.25) is 0 Å². The van der Waals surface area contributed by atoms with E-state index >= 15 is 0 Å². The Hall–Kier alpha value is -9.45. The Kier molecular flexibility index (Phi) is 20.6. The maximum absolute atomic E-state index is 5.29. The van der Waals surface area contributed by atoms with Crippen molar-refractivity contribution in [2.24, 2.45) is 0 Å². The Balaban J connectivity index is 0.000000105. The molecule has 4 heterocycles. The topological polar surface area (TPSA) is 51.6 Å². The molecule has 0 aliphatic heterocycles. The second-order valence-corrected chi connectivity index (χ2v) is 41.4. The molecule has 0 atom stereocenters. The average molecular weight is 1860 g/mol. The van der Waals surface area contributed by atoms with Crippen LogP contribution in [-0.4, -0.2) is 19.9 Å². The number of benzene rings is 14. The van der Waals surface area contributed by atoms with Crippen LogP contribution in [0.25, 0.3) is 154 Å². The van der Waals surface area contributed by atoms with Crippen molar-refractivity contribution >= 4 is 159 Å². The average Bonchev–Trinajstić information content (AvgIpc) is 1.53. The van der Waals surface area contributed by atoms with Gasteiger partial charge in [-0.2, -0.15) is 0 Å². The number of nitrogens with zero attached hydrogens (tertiary/aromatic N) is 4. The van der Waals surface area contributed by atoms with Crippen LogP contribution in [0.3, 0.4) is 0 Å². The Labute approximate surface area is 727 Å². The van der Waals surface area contributed by atoms with Crippen molar-refractivity contribution in [2.45, 2.75) is 77.0 Å². The standard InChI is InChI=1S/2C26H18BrN.2C26H20BrN.3ClH.Fe/c1-26(2)23-13-21-19-10-6-4-8-17(19)16-7-3-5-9-18(16)20(21)12-22(23)25-24(26)11-15(27)14-28-25;1-26(2)22-13-15(27)11-12-20(22)25-23(26)14-21-18-9-4-3-7-16(18)17-8-5-6-10-19(17)24(21)28-25;1-26(2)23-15-19(27)12-13-22(23)25-24(26)14-18(16-28-25)21-11-7-6-10-20(21)17-8-4-3-5-9-17;1-26(2)23-14-18(12-13-22(23)25-24(26)15-19(27)16-28-25)21-11-7-6-10-20(21)17-8-4-3-5-9-17;;;;/h2*3-14H,1-2H3;2*3-16H,1-2H3;3*1H;/q;;;;;;;+3/p-3. The van der Waals surface area contributed by atoms with E-state index in [-0.39, 0.29) is 21.7 Å². The molecule has 0 unspecified atom stereocenters. The van der Waals surface area contributed by atoms with E-state index in [9.17, 15) is 0 Å². The van der Waals surface area contributed by atoms with Crippen molar-refractivity contribution < 1.29 is 11.2 Å². The Morgan fingerprint density at radius 3 is 0.983 bits per heavy atom. The third-order valence-electron chi connectivity index (χ3n) is 24.2. The number of halogens is 7. The van der Waals surface area contributed by atoms with Gasteiger partial charge in [-0.1, -0.05) is 318 Å².